The zero-order valence-corrected chi connectivity index (χ0v) is 11.6. The highest BCUT2D eigenvalue weighted by atomic mass is 35.5. The molecule has 0 unspecified atom stereocenters. The Balaban J connectivity index is 3.97. The first-order valence-corrected chi connectivity index (χ1v) is 9.24. The van der Waals surface area contributed by atoms with Crippen LogP contribution in [0, 0.1) is 0 Å². The van der Waals surface area contributed by atoms with Crippen LogP contribution in [0.5, 0.6) is 0 Å². The normalized spacial score (nSPS) is 11.9. The highest BCUT2D eigenvalue weighted by Gasteiger charge is 2.19. The fourth-order valence-electron chi connectivity index (χ4n) is 0.557. The maximum atomic E-state index is 8.67. The molecule has 0 aliphatic carbocycles. The Kier molecular flexibility index (Phi) is 10.7. The summed E-state index contributed by atoms with van der Waals surface area (Å²) in [5.41, 5.74) is -2.35. The number of hydrogen-bond acceptors (Lipinski definition) is 5. The summed E-state index contributed by atoms with van der Waals surface area (Å²) in [5.74, 6) is 1.26. The lowest BCUT2D eigenvalue weighted by Gasteiger charge is -2.20. The molecule has 0 aromatic carbocycles. The molecule has 0 radical (unpaired) electrons. The summed E-state index contributed by atoms with van der Waals surface area (Å²) in [6, 6.07) is 0. The second-order valence-corrected chi connectivity index (χ2v) is 9.23. The Labute approximate surface area is 103 Å². The smallest absolute Gasteiger partial charge is 0.247 e. The molecule has 1 N–H and O–H groups in total. The van der Waals surface area contributed by atoms with Gasteiger partial charge in [0.05, 0.1) is 19.8 Å². The van der Waals surface area contributed by atoms with Crippen molar-refractivity contribution in [3.63, 3.8) is 0 Å². The molecular weight excluding hydrogens is 286 g/mol. The van der Waals surface area contributed by atoms with Crippen LogP contribution in [0.25, 0.3) is 0 Å². The third kappa shape index (κ3) is 7.71. The van der Waals surface area contributed by atoms with Gasteiger partial charge < -0.3 is 14.2 Å². The van der Waals surface area contributed by atoms with Gasteiger partial charge in [0.25, 0.3) is 0 Å². The molecule has 86 valence electrons. The maximum Gasteiger partial charge on any atom is 0.247 e. The molecule has 14 heavy (non-hydrogen) atoms. The van der Waals surface area contributed by atoms with Gasteiger partial charge in [-0.3, -0.25) is 0 Å². The number of rotatable bonds is 9. The molecule has 0 aliphatic heterocycles. The molecule has 0 saturated heterocycles. The Bertz CT molecular complexity index is 156. The molecule has 0 aliphatic rings. The minimum atomic E-state index is -2.35. The average molecular weight is 299 g/mol. The van der Waals surface area contributed by atoms with E-state index in [1.807, 2.05) is 0 Å². The fourth-order valence-corrected chi connectivity index (χ4v) is 5.01. The first-order chi connectivity index (χ1) is 6.68. The van der Waals surface area contributed by atoms with Crippen LogP contribution in [0.2, 0.25) is 0 Å². The average Bonchev–Trinajstić information content (AvgIpc) is 2.21. The second-order valence-electron chi connectivity index (χ2n) is 2.05. The molecule has 0 bridgehead atoms. The van der Waals surface area contributed by atoms with Crippen LogP contribution in [0.15, 0.2) is 0 Å². The van der Waals surface area contributed by atoms with Gasteiger partial charge in [0, 0.05) is 17.5 Å². The van der Waals surface area contributed by atoms with Gasteiger partial charge >= 0.3 is 0 Å². The monoisotopic (exact) mass is 298 g/mol. The summed E-state index contributed by atoms with van der Waals surface area (Å²) in [7, 11) is 0. The molecule has 0 aromatic rings. The highest BCUT2D eigenvalue weighted by molar-refractivity contribution is 8.67. The predicted octanol–water partition coefficient (Wildman–Crippen LogP) is 2.45. The van der Waals surface area contributed by atoms with Crippen molar-refractivity contribution in [1.82, 2.24) is 0 Å². The fraction of sp³-hybridized carbons (Fsp3) is 1.00. The number of aliphatic hydroxyl groups excluding tert-OH is 1. The SMILES string of the molecule is OCCSP(=S)(OCCCl)OCCCl. The molecule has 0 aromatic heterocycles. The minimum absolute atomic E-state index is 0.0531. The molecule has 0 amide bonds. The third-order valence-corrected chi connectivity index (χ3v) is 6.69. The Morgan fingerprint density at radius 1 is 1.21 bits per heavy atom. The number of hydrogen-bond donors (Lipinski definition) is 1. The van der Waals surface area contributed by atoms with E-state index in [9.17, 15) is 0 Å². The molecule has 0 rings (SSSR count). The molecular formula is C6H13Cl2O3PS2. The largest absolute Gasteiger partial charge is 0.396 e. The summed E-state index contributed by atoms with van der Waals surface area (Å²) in [4.78, 5) is 0. The zero-order valence-electron chi connectivity index (χ0n) is 7.53. The summed E-state index contributed by atoms with van der Waals surface area (Å²) >= 11 is 17.5. The van der Waals surface area contributed by atoms with Gasteiger partial charge in [-0.15, -0.1) is 23.2 Å². The topological polar surface area (TPSA) is 38.7 Å². The van der Waals surface area contributed by atoms with Crippen molar-refractivity contribution in [3.05, 3.63) is 0 Å². The van der Waals surface area contributed by atoms with Gasteiger partial charge in [0.1, 0.15) is 0 Å². The van der Waals surface area contributed by atoms with Crippen molar-refractivity contribution in [2.45, 2.75) is 0 Å². The standard InChI is InChI=1S/C6H13Cl2O3PS2/c7-1-4-10-12(13,11-5-2-8)14-6-3-9/h9H,1-6H2. The van der Waals surface area contributed by atoms with Gasteiger partial charge in [-0.2, -0.15) is 0 Å². The number of alkyl halides is 2. The van der Waals surface area contributed by atoms with Crippen molar-refractivity contribution in [2.24, 2.45) is 0 Å². The zero-order chi connectivity index (χ0) is 10.9. The van der Waals surface area contributed by atoms with E-state index in [1.54, 1.807) is 0 Å². The number of halogens is 2. The Morgan fingerprint density at radius 3 is 2.07 bits per heavy atom. The van der Waals surface area contributed by atoms with E-state index >= 15 is 0 Å². The van der Waals surface area contributed by atoms with Crippen LogP contribution >= 0.6 is 40.3 Å². The van der Waals surface area contributed by atoms with Crippen LogP contribution in [-0.2, 0) is 20.9 Å². The molecule has 3 nitrogen and oxygen atoms in total. The minimum Gasteiger partial charge on any atom is -0.396 e. The van der Waals surface area contributed by atoms with Gasteiger partial charge in [-0.1, -0.05) is 11.4 Å². The van der Waals surface area contributed by atoms with E-state index in [0.29, 0.717) is 30.7 Å². The van der Waals surface area contributed by atoms with Crippen LogP contribution in [0.4, 0.5) is 0 Å². The number of aliphatic hydroxyl groups is 1. The van der Waals surface area contributed by atoms with Crippen molar-refractivity contribution in [3.8, 4) is 0 Å². The van der Waals surface area contributed by atoms with Gasteiger partial charge in [-0.25, -0.2) is 0 Å². The van der Waals surface area contributed by atoms with Gasteiger partial charge in [-0.05, 0) is 11.8 Å². The third-order valence-electron chi connectivity index (χ3n) is 0.994. The van der Waals surface area contributed by atoms with Crippen LogP contribution in [-0.4, -0.2) is 42.4 Å². The van der Waals surface area contributed by atoms with E-state index in [4.69, 9.17) is 49.2 Å². The molecule has 8 heteroatoms. The van der Waals surface area contributed by atoms with Crippen molar-refractivity contribution in [2.75, 3.05) is 37.3 Å². The lowest BCUT2D eigenvalue weighted by molar-refractivity contribution is 0.282. The summed E-state index contributed by atoms with van der Waals surface area (Å²) in [6.45, 7) is 0.774. The first-order valence-electron chi connectivity index (χ1n) is 3.95. The van der Waals surface area contributed by atoms with Gasteiger partial charge in [0.15, 0.2) is 0 Å². The van der Waals surface area contributed by atoms with E-state index in [0.717, 1.165) is 0 Å². The van der Waals surface area contributed by atoms with Crippen molar-refractivity contribution in [1.29, 1.82) is 0 Å². The van der Waals surface area contributed by atoms with E-state index in [2.05, 4.69) is 0 Å². The van der Waals surface area contributed by atoms with E-state index in [-0.39, 0.29) is 6.61 Å². The summed E-state index contributed by atoms with van der Waals surface area (Å²) in [5, 5.41) is 8.67. The Hall–Kier alpha value is 1.46. The van der Waals surface area contributed by atoms with Gasteiger partial charge in [0.2, 0.25) is 5.69 Å². The Morgan fingerprint density at radius 2 is 1.71 bits per heavy atom. The lowest BCUT2D eigenvalue weighted by atomic mass is 10.9. The first kappa shape index (κ1) is 15.5. The predicted molar refractivity (Wildman–Crippen MR) is 67.2 cm³/mol. The molecule has 0 heterocycles. The molecule has 0 spiro atoms. The van der Waals surface area contributed by atoms with E-state index in [1.165, 1.54) is 11.4 Å². The second kappa shape index (κ2) is 9.67. The van der Waals surface area contributed by atoms with Crippen LogP contribution in [0.1, 0.15) is 0 Å². The molecule has 0 saturated carbocycles. The van der Waals surface area contributed by atoms with Crippen LogP contribution < -0.4 is 0 Å². The van der Waals surface area contributed by atoms with Crippen LogP contribution in [0.3, 0.4) is 0 Å². The molecule has 0 atom stereocenters. The quantitative estimate of drug-likeness (QED) is 0.523. The maximum absolute atomic E-state index is 8.67. The summed E-state index contributed by atoms with van der Waals surface area (Å²) < 4.78 is 10.7. The lowest BCUT2D eigenvalue weighted by Crippen LogP contribution is -1.99. The highest BCUT2D eigenvalue weighted by Crippen LogP contribution is 2.60. The van der Waals surface area contributed by atoms with Crippen molar-refractivity contribution < 1.29 is 14.2 Å². The molecule has 0 fully saturated rings. The van der Waals surface area contributed by atoms with Crippen molar-refractivity contribution >= 4 is 52.1 Å². The van der Waals surface area contributed by atoms with E-state index < -0.39 is 5.69 Å². The summed E-state index contributed by atoms with van der Waals surface area (Å²) in [6.07, 6.45) is 0.